The molecule has 0 aromatic heterocycles. The van der Waals surface area contributed by atoms with Crippen molar-refractivity contribution in [2.45, 2.75) is 45.2 Å². The smallest absolute Gasteiger partial charge is 0.134 e. The Hall–Kier alpha value is -1.18. The first-order valence-electron chi connectivity index (χ1n) is 11.2. The van der Waals surface area contributed by atoms with E-state index in [0.29, 0.717) is 11.5 Å². The molecule has 0 spiro atoms. The number of ketones is 1. The van der Waals surface area contributed by atoms with Crippen LogP contribution in [-0.4, -0.2) is 46.9 Å². The summed E-state index contributed by atoms with van der Waals surface area (Å²) in [5.41, 5.74) is 2.67. The second kappa shape index (κ2) is 16.4. The number of likely N-dealkylation sites (tertiary alicyclic amines) is 1. The number of halogens is 3. The summed E-state index contributed by atoms with van der Waals surface area (Å²) in [6.45, 7) is 5.85. The second-order valence-electron chi connectivity index (χ2n) is 8.27. The van der Waals surface area contributed by atoms with Crippen molar-refractivity contribution >= 4 is 51.1 Å². The van der Waals surface area contributed by atoms with E-state index in [1.807, 2.05) is 12.1 Å². The predicted octanol–water partition coefficient (Wildman–Crippen LogP) is 6.69. The zero-order chi connectivity index (χ0) is 21.9. The SMILES string of the molecule is Br.Cl.O=C1CCCN(Cc2ccccc2)CC1.OC1=C(Br)CCN(Cc2ccccc2)CC1. The summed E-state index contributed by atoms with van der Waals surface area (Å²) in [4.78, 5) is 16.0. The molecule has 0 amide bonds. The van der Waals surface area contributed by atoms with Crippen LogP contribution in [0, 0.1) is 0 Å². The Morgan fingerprint density at radius 2 is 1.21 bits per heavy atom. The highest BCUT2D eigenvalue weighted by Gasteiger charge is 2.15. The summed E-state index contributed by atoms with van der Waals surface area (Å²) in [6, 6.07) is 20.9. The molecule has 0 radical (unpaired) electrons. The van der Waals surface area contributed by atoms with Crippen LogP contribution >= 0.6 is 45.3 Å². The van der Waals surface area contributed by atoms with E-state index in [4.69, 9.17) is 0 Å². The van der Waals surface area contributed by atoms with Crippen LogP contribution < -0.4 is 0 Å². The molecule has 4 rings (SSSR count). The van der Waals surface area contributed by atoms with Crippen molar-refractivity contribution in [1.82, 2.24) is 9.80 Å². The molecule has 2 heterocycles. The van der Waals surface area contributed by atoms with Gasteiger partial charge in [-0.25, -0.2) is 0 Å². The normalized spacial score (nSPS) is 17.5. The highest BCUT2D eigenvalue weighted by atomic mass is 79.9. The van der Waals surface area contributed by atoms with Gasteiger partial charge in [0.15, 0.2) is 0 Å². The molecule has 182 valence electrons. The Labute approximate surface area is 223 Å². The first-order valence-corrected chi connectivity index (χ1v) is 12.0. The Morgan fingerprint density at radius 3 is 1.79 bits per heavy atom. The molecule has 1 saturated heterocycles. The summed E-state index contributed by atoms with van der Waals surface area (Å²) < 4.78 is 0.961. The molecule has 0 atom stereocenters. The first kappa shape index (κ1) is 29.9. The highest BCUT2D eigenvalue weighted by Crippen LogP contribution is 2.22. The molecule has 0 saturated carbocycles. The Morgan fingerprint density at radius 1 is 0.727 bits per heavy atom. The maximum absolute atomic E-state index is 11.3. The minimum Gasteiger partial charge on any atom is -0.511 e. The Balaban J connectivity index is 0.000000312. The molecule has 0 aliphatic carbocycles. The standard InChI is InChI=1S/C13H16BrNO.C13H17NO.BrH.ClH/c14-12-6-8-15(9-7-13(12)16)10-11-4-2-1-3-5-11;15-13-7-4-9-14(10-8-13)11-12-5-2-1-3-6-12;;/h1-5,16H,6-10H2;1-3,5-6H,4,7-11H2;2*1H. The monoisotopic (exact) mass is 600 g/mol. The molecule has 2 aliphatic heterocycles. The van der Waals surface area contributed by atoms with E-state index in [1.165, 1.54) is 11.1 Å². The average Bonchev–Trinajstić information content (AvgIpc) is 3.09. The lowest BCUT2D eigenvalue weighted by Gasteiger charge is -2.19. The molecule has 1 fully saturated rings. The highest BCUT2D eigenvalue weighted by molar-refractivity contribution is 9.11. The summed E-state index contributed by atoms with van der Waals surface area (Å²) in [5, 5.41) is 9.65. The fourth-order valence-electron chi connectivity index (χ4n) is 3.93. The van der Waals surface area contributed by atoms with Crippen LogP contribution in [0.1, 0.15) is 43.2 Å². The number of hydrogen-bond donors (Lipinski definition) is 1. The molecule has 2 aliphatic rings. The zero-order valence-corrected chi connectivity index (χ0v) is 23.1. The van der Waals surface area contributed by atoms with E-state index in [0.717, 1.165) is 75.9 Å². The summed E-state index contributed by atoms with van der Waals surface area (Å²) >= 11 is 3.42. The van der Waals surface area contributed by atoms with Gasteiger partial charge in [-0.1, -0.05) is 76.6 Å². The number of carbonyl (C=O) groups is 1. The molecule has 0 bridgehead atoms. The largest absolute Gasteiger partial charge is 0.511 e. The van der Waals surface area contributed by atoms with Crippen molar-refractivity contribution in [1.29, 1.82) is 0 Å². The van der Waals surface area contributed by atoms with Crippen molar-refractivity contribution in [3.8, 4) is 0 Å². The van der Waals surface area contributed by atoms with Crippen LogP contribution in [-0.2, 0) is 17.9 Å². The molecule has 7 heteroatoms. The minimum atomic E-state index is 0. The van der Waals surface area contributed by atoms with Gasteiger partial charge in [0.05, 0.1) is 0 Å². The lowest BCUT2D eigenvalue weighted by Crippen LogP contribution is -2.24. The summed E-state index contributed by atoms with van der Waals surface area (Å²) in [6.07, 6.45) is 4.16. The minimum absolute atomic E-state index is 0. The van der Waals surface area contributed by atoms with Gasteiger partial charge < -0.3 is 5.11 Å². The summed E-state index contributed by atoms with van der Waals surface area (Å²) in [7, 11) is 0. The van der Waals surface area contributed by atoms with Crippen molar-refractivity contribution in [2.75, 3.05) is 26.2 Å². The maximum Gasteiger partial charge on any atom is 0.134 e. The zero-order valence-electron chi connectivity index (χ0n) is 19.0. The number of nitrogens with zero attached hydrogens (tertiary/aromatic N) is 2. The van der Waals surface area contributed by atoms with Gasteiger partial charge >= 0.3 is 0 Å². The first-order chi connectivity index (χ1) is 15.1. The van der Waals surface area contributed by atoms with Crippen molar-refractivity contribution < 1.29 is 9.90 Å². The lowest BCUT2D eigenvalue weighted by atomic mass is 10.2. The third-order valence-corrected chi connectivity index (χ3v) is 6.61. The van der Waals surface area contributed by atoms with Gasteiger partial charge in [0.2, 0.25) is 0 Å². The molecule has 0 unspecified atom stereocenters. The van der Waals surface area contributed by atoms with E-state index in [-0.39, 0.29) is 29.4 Å². The van der Waals surface area contributed by atoms with Gasteiger partial charge in [-0.15, -0.1) is 29.4 Å². The van der Waals surface area contributed by atoms with E-state index >= 15 is 0 Å². The molecular formula is C26H35Br2ClN2O2. The number of aliphatic hydroxyl groups excluding tert-OH is 1. The quantitative estimate of drug-likeness (QED) is 0.424. The van der Waals surface area contributed by atoms with Gasteiger partial charge in [0, 0.05) is 56.5 Å². The van der Waals surface area contributed by atoms with E-state index < -0.39 is 0 Å². The van der Waals surface area contributed by atoms with Crippen molar-refractivity contribution in [2.24, 2.45) is 0 Å². The fourth-order valence-corrected chi connectivity index (χ4v) is 4.31. The topological polar surface area (TPSA) is 43.8 Å². The van der Waals surface area contributed by atoms with E-state index in [1.54, 1.807) is 0 Å². The third-order valence-electron chi connectivity index (χ3n) is 5.76. The second-order valence-corrected chi connectivity index (χ2v) is 9.22. The predicted molar refractivity (Wildman–Crippen MR) is 148 cm³/mol. The van der Waals surface area contributed by atoms with E-state index in [9.17, 15) is 9.90 Å². The van der Waals surface area contributed by atoms with Crippen molar-refractivity contribution in [3.63, 3.8) is 0 Å². The van der Waals surface area contributed by atoms with Gasteiger partial charge in [-0.3, -0.25) is 14.6 Å². The molecule has 4 nitrogen and oxygen atoms in total. The van der Waals surface area contributed by atoms with Crippen LogP contribution in [0.5, 0.6) is 0 Å². The molecule has 1 N–H and O–H groups in total. The number of Topliss-reactive ketones (excluding diaryl/α,β-unsaturated/α-hetero) is 1. The van der Waals surface area contributed by atoms with Crippen LogP contribution in [0.15, 0.2) is 70.9 Å². The van der Waals surface area contributed by atoms with Gasteiger partial charge in [0.1, 0.15) is 11.5 Å². The van der Waals surface area contributed by atoms with Crippen LogP contribution in [0.3, 0.4) is 0 Å². The summed E-state index contributed by atoms with van der Waals surface area (Å²) in [5.74, 6) is 0.932. The number of aliphatic hydroxyl groups is 1. The number of carbonyl (C=O) groups excluding carboxylic acids is 1. The number of hydrogen-bond acceptors (Lipinski definition) is 4. The molecule has 2 aromatic carbocycles. The number of rotatable bonds is 4. The van der Waals surface area contributed by atoms with Gasteiger partial charge in [0.25, 0.3) is 0 Å². The Bertz CT molecular complexity index is 834. The van der Waals surface area contributed by atoms with Gasteiger partial charge in [-0.05, 0) is 30.5 Å². The third kappa shape index (κ3) is 11.2. The number of benzene rings is 2. The fraction of sp³-hybridized carbons (Fsp3) is 0.423. The van der Waals surface area contributed by atoms with Gasteiger partial charge in [-0.2, -0.15) is 0 Å². The van der Waals surface area contributed by atoms with Crippen LogP contribution in [0.2, 0.25) is 0 Å². The molecule has 2 aromatic rings. The van der Waals surface area contributed by atoms with Crippen molar-refractivity contribution in [3.05, 3.63) is 82.0 Å². The average molecular weight is 603 g/mol. The molecular weight excluding hydrogens is 568 g/mol. The van der Waals surface area contributed by atoms with Crippen LogP contribution in [0.4, 0.5) is 0 Å². The van der Waals surface area contributed by atoms with Crippen LogP contribution in [0.25, 0.3) is 0 Å². The lowest BCUT2D eigenvalue weighted by molar-refractivity contribution is -0.118. The molecule has 33 heavy (non-hydrogen) atoms. The van der Waals surface area contributed by atoms with E-state index in [2.05, 4.69) is 74.3 Å². The maximum atomic E-state index is 11.3. The Kier molecular flexibility index (Phi) is 14.9.